The van der Waals surface area contributed by atoms with Gasteiger partial charge < -0.3 is 10.3 Å². The first-order chi connectivity index (χ1) is 9.65. The zero-order chi connectivity index (χ0) is 14.1. The van der Waals surface area contributed by atoms with Crippen LogP contribution in [0.25, 0.3) is 11.2 Å². The Hall–Kier alpha value is -2.47. The number of benzene rings is 1. The molecule has 0 amide bonds. The normalized spacial score (nSPS) is 10.8. The fraction of sp³-hybridized carbons (Fsp3) is 0.0769. The molecule has 0 bridgehead atoms. The molecule has 2 aromatic heterocycles. The van der Waals surface area contributed by atoms with Gasteiger partial charge in [-0.1, -0.05) is 23.7 Å². The highest BCUT2D eigenvalue weighted by Crippen LogP contribution is 2.16. The number of anilines is 1. The quantitative estimate of drug-likeness (QED) is 0.744. The Morgan fingerprint density at radius 2 is 2.15 bits per heavy atom. The lowest BCUT2D eigenvalue weighted by Crippen LogP contribution is -2.10. The summed E-state index contributed by atoms with van der Waals surface area (Å²) in [5.41, 5.74) is 7.27. The molecule has 0 aliphatic rings. The molecule has 0 fully saturated rings. The van der Waals surface area contributed by atoms with Gasteiger partial charge in [0.2, 0.25) is 0 Å². The molecule has 3 rings (SSSR count). The Balaban J connectivity index is 1.94. The molecule has 3 aromatic rings. The third-order valence-corrected chi connectivity index (χ3v) is 3.13. The molecule has 0 radical (unpaired) electrons. The van der Waals surface area contributed by atoms with Gasteiger partial charge >= 0.3 is 0 Å². The van der Waals surface area contributed by atoms with E-state index in [0.717, 1.165) is 0 Å². The first-order valence-electron chi connectivity index (χ1n) is 5.85. The van der Waals surface area contributed by atoms with E-state index < -0.39 is 0 Å². The zero-order valence-corrected chi connectivity index (χ0v) is 11.1. The van der Waals surface area contributed by atoms with Crippen LogP contribution in [0.4, 0.5) is 5.82 Å². The minimum atomic E-state index is -0.0796. The van der Waals surface area contributed by atoms with Crippen molar-refractivity contribution in [3.8, 4) is 0 Å². The van der Waals surface area contributed by atoms with E-state index in [4.69, 9.17) is 17.3 Å². The second-order valence-electron chi connectivity index (χ2n) is 4.24. The number of fused-ring (bicyclic) bond motifs is 1. The van der Waals surface area contributed by atoms with Crippen molar-refractivity contribution >= 4 is 34.4 Å². The maximum Gasteiger partial charge on any atom is 0.182 e. The molecule has 1 aromatic carbocycles. The number of halogens is 1. The fourth-order valence-electron chi connectivity index (χ4n) is 1.92. The maximum atomic E-state index is 12.2. The summed E-state index contributed by atoms with van der Waals surface area (Å²) in [6.07, 6.45) is 2.87. The Morgan fingerprint density at radius 1 is 1.30 bits per heavy atom. The van der Waals surface area contributed by atoms with Gasteiger partial charge in [-0.15, -0.1) is 0 Å². The number of ketones is 1. The molecule has 0 spiro atoms. The molecule has 2 N–H and O–H groups in total. The van der Waals surface area contributed by atoms with Crippen LogP contribution in [0.5, 0.6) is 0 Å². The van der Waals surface area contributed by atoms with E-state index >= 15 is 0 Å². The highest BCUT2D eigenvalue weighted by atomic mass is 35.5. The third-order valence-electron chi connectivity index (χ3n) is 2.89. The number of carbonyl (C=O) groups excluding carboxylic acids is 1. The van der Waals surface area contributed by atoms with Crippen LogP contribution < -0.4 is 5.73 Å². The first-order valence-corrected chi connectivity index (χ1v) is 6.23. The summed E-state index contributed by atoms with van der Waals surface area (Å²) in [6, 6.07) is 6.81. The average Bonchev–Trinajstić information content (AvgIpc) is 2.83. The molecular weight excluding hydrogens is 278 g/mol. The summed E-state index contributed by atoms with van der Waals surface area (Å²) in [7, 11) is 0. The Labute approximate surface area is 119 Å². The highest BCUT2D eigenvalue weighted by Gasteiger charge is 2.12. The number of Topliss-reactive ketones (excluding diaryl/α,β-unsaturated/α-hetero) is 1. The average molecular weight is 288 g/mol. The van der Waals surface area contributed by atoms with Gasteiger partial charge in [0.05, 0.1) is 12.9 Å². The number of hydrogen-bond acceptors (Lipinski definition) is 5. The number of hydrogen-bond donors (Lipinski definition) is 1. The van der Waals surface area contributed by atoms with Crippen LogP contribution in [0.2, 0.25) is 5.02 Å². The molecule has 20 heavy (non-hydrogen) atoms. The summed E-state index contributed by atoms with van der Waals surface area (Å²) < 4.78 is 1.64. The number of aromatic nitrogens is 4. The fourth-order valence-corrected chi connectivity index (χ4v) is 2.11. The standard InChI is InChI=1S/C13H10ClN5O/c14-9-3-1-2-8(4-9)10(20)5-19-7-18-11-12(15)16-6-17-13(11)19/h1-4,6-7H,5H2,(H2,15,16,17). The van der Waals surface area contributed by atoms with Crippen LogP contribution in [0, 0.1) is 0 Å². The Kier molecular flexibility index (Phi) is 3.08. The number of nitrogens with two attached hydrogens (primary N) is 1. The van der Waals surface area contributed by atoms with Gasteiger partial charge in [-0.3, -0.25) is 4.79 Å². The molecule has 0 unspecified atom stereocenters. The summed E-state index contributed by atoms with van der Waals surface area (Å²) in [5, 5.41) is 0.526. The van der Waals surface area contributed by atoms with E-state index in [1.165, 1.54) is 12.7 Å². The SMILES string of the molecule is Nc1ncnc2c1ncn2CC(=O)c1cccc(Cl)c1. The van der Waals surface area contributed by atoms with Crippen LogP contribution in [-0.2, 0) is 6.54 Å². The van der Waals surface area contributed by atoms with Crippen LogP contribution >= 0.6 is 11.6 Å². The van der Waals surface area contributed by atoms with Gasteiger partial charge in [0.15, 0.2) is 17.2 Å². The molecular formula is C13H10ClN5O. The molecule has 6 nitrogen and oxygen atoms in total. The van der Waals surface area contributed by atoms with Gasteiger partial charge in [-0.25, -0.2) is 15.0 Å². The maximum absolute atomic E-state index is 12.2. The lowest BCUT2D eigenvalue weighted by Gasteiger charge is -2.04. The Morgan fingerprint density at radius 3 is 2.95 bits per heavy atom. The summed E-state index contributed by atoms with van der Waals surface area (Å²) in [5.74, 6) is 0.216. The molecule has 2 heterocycles. The van der Waals surface area contributed by atoms with E-state index in [2.05, 4.69) is 15.0 Å². The lowest BCUT2D eigenvalue weighted by atomic mass is 10.1. The number of carbonyl (C=O) groups is 1. The lowest BCUT2D eigenvalue weighted by molar-refractivity contribution is 0.0973. The van der Waals surface area contributed by atoms with Gasteiger partial charge in [0.25, 0.3) is 0 Å². The van der Waals surface area contributed by atoms with Crippen LogP contribution in [0.1, 0.15) is 10.4 Å². The topological polar surface area (TPSA) is 86.7 Å². The molecule has 0 aliphatic heterocycles. The van der Waals surface area contributed by atoms with Crippen molar-refractivity contribution in [1.82, 2.24) is 19.5 Å². The van der Waals surface area contributed by atoms with E-state index in [0.29, 0.717) is 27.6 Å². The van der Waals surface area contributed by atoms with Crippen molar-refractivity contribution in [2.24, 2.45) is 0 Å². The molecule has 7 heteroatoms. The largest absolute Gasteiger partial charge is 0.382 e. The number of nitrogens with zero attached hydrogens (tertiary/aromatic N) is 4. The van der Waals surface area contributed by atoms with Gasteiger partial charge in [0.1, 0.15) is 11.8 Å². The number of imidazole rings is 1. The van der Waals surface area contributed by atoms with E-state index in [9.17, 15) is 4.79 Å². The second kappa shape index (κ2) is 4.90. The molecule has 100 valence electrons. The van der Waals surface area contributed by atoms with Gasteiger partial charge in [-0.2, -0.15) is 0 Å². The molecule has 0 atom stereocenters. The van der Waals surface area contributed by atoms with Crippen molar-refractivity contribution in [1.29, 1.82) is 0 Å². The predicted octanol–water partition coefficient (Wildman–Crippen LogP) is 1.94. The van der Waals surface area contributed by atoms with E-state index in [-0.39, 0.29) is 12.3 Å². The van der Waals surface area contributed by atoms with Gasteiger partial charge in [-0.05, 0) is 12.1 Å². The van der Waals surface area contributed by atoms with E-state index in [1.807, 2.05) is 0 Å². The summed E-state index contributed by atoms with van der Waals surface area (Å²) >= 11 is 5.88. The number of rotatable bonds is 3. The van der Waals surface area contributed by atoms with Crippen LogP contribution in [-0.4, -0.2) is 25.3 Å². The summed E-state index contributed by atoms with van der Waals surface area (Å²) in [6.45, 7) is 0.118. The van der Waals surface area contributed by atoms with Crippen molar-refractivity contribution in [3.63, 3.8) is 0 Å². The van der Waals surface area contributed by atoms with Crippen molar-refractivity contribution in [2.45, 2.75) is 6.54 Å². The van der Waals surface area contributed by atoms with Gasteiger partial charge in [0, 0.05) is 10.6 Å². The van der Waals surface area contributed by atoms with E-state index in [1.54, 1.807) is 28.8 Å². The minimum absolute atomic E-state index is 0.0796. The molecule has 0 saturated heterocycles. The van der Waals surface area contributed by atoms with Crippen molar-refractivity contribution < 1.29 is 4.79 Å². The highest BCUT2D eigenvalue weighted by molar-refractivity contribution is 6.31. The van der Waals surface area contributed by atoms with Crippen LogP contribution in [0.3, 0.4) is 0 Å². The van der Waals surface area contributed by atoms with Crippen LogP contribution in [0.15, 0.2) is 36.9 Å². The monoisotopic (exact) mass is 287 g/mol. The van der Waals surface area contributed by atoms with Crippen molar-refractivity contribution in [2.75, 3.05) is 5.73 Å². The predicted molar refractivity (Wildman–Crippen MR) is 75.5 cm³/mol. The zero-order valence-electron chi connectivity index (χ0n) is 10.3. The molecule has 0 saturated carbocycles. The Bertz CT molecular complexity index is 798. The smallest absolute Gasteiger partial charge is 0.182 e. The molecule has 0 aliphatic carbocycles. The first kappa shape index (κ1) is 12.6. The summed E-state index contributed by atoms with van der Waals surface area (Å²) in [4.78, 5) is 24.3. The third kappa shape index (κ3) is 2.21. The second-order valence-corrected chi connectivity index (χ2v) is 4.67. The number of nitrogen functional groups attached to an aromatic ring is 1. The van der Waals surface area contributed by atoms with Crippen molar-refractivity contribution in [3.05, 3.63) is 47.5 Å². The minimum Gasteiger partial charge on any atom is -0.382 e.